The number of hydrogen-bond donors (Lipinski definition) is 2. The summed E-state index contributed by atoms with van der Waals surface area (Å²) in [7, 11) is 0. The summed E-state index contributed by atoms with van der Waals surface area (Å²) >= 11 is 1.52. The molecule has 5 heteroatoms. The summed E-state index contributed by atoms with van der Waals surface area (Å²) in [5, 5.41) is 8.65. The van der Waals surface area contributed by atoms with Crippen molar-refractivity contribution in [2.75, 3.05) is 23.3 Å². The molecule has 1 saturated heterocycles. The largest absolute Gasteiger partial charge is 0.367 e. The van der Waals surface area contributed by atoms with Gasteiger partial charge in [-0.25, -0.2) is 4.79 Å². The molecule has 1 aliphatic heterocycles. The number of hydrogen-bond acceptors (Lipinski definition) is 3. The van der Waals surface area contributed by atoms with Crippen LogP contribution in [0.2, 0.25) is 0 Å². The Morgan fingerprint density at radius 1 is 1.24 bits per heavy atom. The first kappa shape index (κ1) is 13.9. The molecule has 0 aliphatic carbocycles. The quantitative estimate of drug-likeness (QED) is 0.907. The lowest BCUT2D eigenvalue weighted by molar-refractivity contribution is 0.251. The number of thiophene rings is 1. The van der Waals surface area contributed by atoms with Crippen LogP contribution in [0, 0.1) is 0 Å². The molecule has 2 aromatic rings. The number of carbonyl (C=O) groups is 1. The second-order valence-electron chi connectivity index (χ2n) is 5.14. The summed E-state index contributed by atoms with van der Waals surface area (Å²) in [5.41, 5.74) is 1.24. The molecule has 1 aromatic carbocycles. The molecular weight excluding hydrogens is 282 g/mol. The van der Waals surface area contributed by atoms with Crippen molar-refractivity contribution in [1.29, 1.82) is 0 Å². The molecule has 3 rings (SSSR count). The molecule has 1 atom stereocenters. The molecule has 1 aromatic heterocycles. The van der Waals surface area contributed by atoms with Gasteiger partial charge < -0.3 is 10.2 Å². The average molecular weight is 301 g/mol. The van der Waals surface area contributed by atoms with Crippen LogP contribution in [0.25, 0.3) is 0 Å². The average Bonchev–Trinajstić information content (AvgIpc) is 3.17. The first-order valence-corrected chi connectivity index (χ1v) is 8.11. The lowest BCUT2D eigenvalue weighted by Crippen LogP contribution is -2.41. The zero-order valence-corrected chi connectivity index (χ0v) is 12.6. The molecule has 0 spiro atoms. The number of carbonyl (C=O) groups excluding carboxylic acids is 1. The maximum absolute atomic E-state index is 11.9. The number of benzene rings is 1. The molecule has 2 heterocycles. The van der Waals surface area contributed by atoms with Crippen LogP contribution in [0.15, 0.2) is 47.8 Å². The third kappa shape index (κ3) is 3.55. The van der Waals surface area contributed by atoms with E-state index in [1.54, 1.807) is 0 Å². The van der Waals surface area contributed by atoms with Crippen molar-refractivity contribution in [2.45, 2.75) is 18.9 Å². The normalized spacial score (nSPS) is 17.7. The van der Waals surface area contributed by atoms with Gasteiger partial charge in [-0.15, -0.1) is 11.3 Å². The number of anilines is 2. The van der Waals surface area contributed by atoms with Crippen LogP contribution in [-0.4, -0.2) is 25.2 Å². The maximum atomic E-state index is 11.9. The molecule has 0 radical (unpaired) electrons. The fraction of sp³-hybridized carbons (Fsp3) is 0.312. The molecule has 0 saturated carbocycles. The zero-order valence-electron chi connectivity index (χ0n) is 11.8. The highest BCUT2D eigenvalue weighted by Gasteiger charge is 2.24. The summed E-state index contributed by atoms with van der Waals surface area (Å²) in [5.74, 6) is 0. The highest BCUT2D eigenvalue weighted by molar-refractivity contribution is 7.14. The van der Waals surface area contributed by atoms with Crippen molar-refractivity contribution >= 4 is 28.1 Å². The molecule has 4 nitrogen and oxygen atoms in total. The van der Waals surface area contributed by atoms with Gasteiger partial charge >= 0.3 is 6.03 Å². The zero-order chi connectivity index (χ0) is 14.5. The Hall–Kier alpha value is -2.01. The monoisotopic (exact) mass is 301 g/mol. The highest BCUT2D eigenvalue weighted by atomic mass is 32.1. The van der Waals surface area contributed by atoms with Gasteiger partial charge in [0.05, 0.1) is 5.00 Å². The number of nitrogens with zero attached hydrogens (tertiary/aromatic N) is 1. The van der Waals surface area contributed by atoms with Gasteiger partial charge in [-0.3, -0.25) is 5.32 Å². The van der Waals surface area contributed by atoms with Gasteiger partial charge in [-0.05, 0) is 42.5 Å². The number of para-hydroxylation sites is 1. The van der Waals surface area contributed by atoms with Crippen molar-refractivity contribution in [1.82, 2.24) is 5.32 Å². The standard InChI is InChI=1S/C16H19N3OS/c20-16(18-15-9-5-11-21-15)17-12-14-8-4-10-19(14)13-6-2-1-3-7-13/h1-3,5-7,9,11,14H,4,8,10,12H2,(H2,17,18,20). The second-order valence-corrected chi connectivity index (χ2v) is 6.09. The Balaban J connectivity index is 1.53. The van der Waals surface area contributed by atoms with Crippen molar-refractivity contribution < 1.29 is 4.79 Å². The van der Waals surface area contributed by atoms with E-state index in [0.29, 0.717) is 12.6 Å². The van der Waals surface area contributed by atoms with Crippen LogP contribution in [0.3, 0.4) is 0 Å². The Kier molecular flexibility index (Phi) is 4.40. The van der Waals surface area contributed by atoms with Gasteiger partial charge in [0.15, 0.2) is 0 Å². The summed E-state index contributed by atoms with van der Waals surface area (Å²) in [6, 6.07) is 14.5. The van der Waals surface area contributed by atoms with Gasteiger partial charge in [0.25, 0.3) is 0 Å². The molecule has 1 unspecified atom stereocenters. The minimum Gasteiger partial charge on any atom is -0.367 e. The summed E-state index contributed by atoms with van der Waals surface area (Å²) in [4.78, 5) is 14.3. The van der Waals surface area contributed by atoms with E-state index in [9.17, 15) is 4.79 Å². The third-order valence-electron chi connectivity index (χ3n) is 3.72. The summed E-state index contributed by atoms with van der Waals surface area (Å²) in [6.45, 7) is 1.73. The lowest BCUT2D eigenvalue weighted by Gasteiger charge is -2.27. The second kappa shape index (κ2) is 6.63. The predicted octanol–water partition coefficient (Wildman–Crippen LogP) is 3.54. The number of urea groups is 1. The first-order valence-electron chi connectivity index (χ1n) is 7.23. The van der Waals surface area contributed by atoms with Gasteiger partial charge in [-0.2, -0.15) is 0 Å². The predicted molar refractivity (Wildman–Crippen MR) is 88.2 cm³/mol. The van der Waals surface area contributed by atoms with Crippen molar-refractivity contribution in [3.63, 3.8) is 0 Å². The first-order chi connectivity index (χ1) is 10.3. The van der Waals surface area contributed by atoms with E-state index in [2.05, 4.69) is 39.8 Å². The van der Waals surface area contributed by atoms with E-state index in [1.165, 1.54) is 23.4 Å². The molecule has 2 amide bonds. The van der Waals surface area contributed by atoms with E-state index in [4.69, 9.17) is 0 Å². The van der Waals surface area contributed by atoms with Crippen LogP contribution in [0.5, 0.6) is 0 Å². The molecule has 110 valence electrons. The maximum Gasteiger partial charge on any atom is 0.319 e. The number of rotatable bonds is 4. The van der Waals surface area contributed by atoms with Crippen molar-refractivity contribution in [2.24, 2.45) is 0 Å². The van der Waals surface area contributed by atoms with Crippen LogP contribution in [0.4, 0.5) is 15.5 Å². The smallest absolute Gasteiger partial charge is 0.319 e. The van der Waals surface area contributed by atoms with E-state index in [0.717, 1.165) is 18.0 Å². The van der Waals surface area contributed by atoms with Crippen molar-refractivity contribution in [3.05, 3.63) is 47.8 Å². The third-order valence-corrected chi connectivity index (χ3v) is 4.51. The number of amides is 2. The Labute approximate surface area is 128 Å². The number of nitrogens with one attached hydrogen (secondary N) is 2. The summed E-state index contributed by atoms with van der Waals surface area (Å²) in [6.07, 6.45) is 2.29. The van der Waals surface area contributed by atoms with E-state index >= 15 is 0 Å². The minimum absolute atomic E-state index is 0.127. The van der Waals surface area contributed by atoms with Gasteiger partial charge in [0, 0.05) is 24.8 Å². The Morgan fingerprint density at radius 3 is 2.86 bits per heavy atom. The molecule has 21 heavy (non-hydrogen) atoms. The van der Waals surface area contributed by atoms with Crippen LogP contribution < -0.4 is 15.5 Å². The van der Waals surface area contributed by atoms with E-state index in [-0.39, 0.29) is 6.03 Å². The van der Waals surface area contributed by atoms with Gasteiger partial charge in [-0.1, -0.05) is 18.2 Å². The highest BCUT2D eigenvalue weighted by Crippen LogP contribution is 2.24. The molecule has 1 aliphatic rings. The van der Waals surface area contributed by atoms with Crippen LogP contribution >= 0.6 is 11.3 Å². The van der Waals surface area contributed by atoms with Gasteiger partial charge in [0.2, 0.25) is 0 Å². The summed E-state index contributed by atoms with van der Waals surface area (Å²) < 4.78 is 0. The molecule has 1 fully saturated rings. The fourth-order valence-electron chi connectivity index (χ4n) is 2.72. The Bertz CT molecular complexity index is 570. The lowest BCUT2D eigenvalue weighted by atomic mass is 10.2. The Morgan fingerprint density at radius 2 is 2.10 bits per heavy atom. The van der Waals surface area contributed by atoms with Crippen LogP contribution in [0.1, 0.15) is 12.8 Å². The van der Waals surface area contributed by atoms with Crippen LogP contribution in [-0.2, 0) is 0 Å². The molecule has 0 bridgehead atoms. The minimum atomic E-state index is -0.127. The topological polar surface area (TPSA) is 44.4 Å². The van der Waals surface area contributed by atoms with Gasteiger partial charge in [0.1, 0.15) is 0 Å². The molecule has 2 N–H and O–H groups in total. The molecular formula is C16H19N3OS. The fourth-order valence-corrected chi connectivity index (χ4v) is 3.34. The van der Waals surface area contributed by atoms with E-state index in [1.807, 2.05) is 23.6 Å². The van der Waals surface area contributed by atoms with Crippen molar-refractivity contribution in [3.8, 4) is 0 Å². The van der Waals surface area contributed by atoms with E-state index < -0.39 is 0 Å². The SMILES string of the molecule is O=C(NCC1CCCN1c1ccccc1)Nc1cccs1.